The van der Waals surface area contributed by atoms with Crippen molar-refractivity contribution in [1.82, 2.24) is 5.32 Å². The number of ether oxygens (including phenoxy) is 1. The molecule has 6 nitrogen and oxygen atoms in total. The van der Waals surface area contributed by atoms with Crippen LogP contribution in [0.15, 0.2) is 36.4 Å². The SMILES string of the molecule is CC(C)CNC(=O)c1cccc(NCc2cc(Cl)cc(Cl)c2OCC(N)=O)c1. The van der Waals surface area contributed by atoms with E-state index >= 15 is 0 Å². The lowest BCUT2D eigenvalue weighted by molar-refractivity contribution is -0.119. The minimum Gasteiger partial charge on any atom is -0.482 e. The predicted octanol–water partition coefficient (Wildman–Crippen LogP) is 3.86. The molecular weight excluding hydrogens is 401 g/mol. The van der Waals surface area contributed by atoms with E-state index in [0.29, 0.717) is 40.9 Å². The van der Waals surface area contributed by atoms with E-state index in [2.05, 4.69) is 10.6 Å². The number of primary amides is 1. The Hall–Kier alpha value is -2.44. The fraction of sp³-hybridized carbons (Fsp3) is 0.300. The molecule has 2 aromatic carbocycles. The van der Waals surface area contributed by atoms with Crippen LogP contribution in [0.25, 0.3) is 0 Å². The van der Waals surface area contributed by atoms with Gasteiger partial charge in [0.05, 0.1) is 5.02 Å². The summed E-state index contributed by atoms with van der Waals surface area (Å²) < 4.78 is 5.42. The Kier molecular flexibility index (Phi) is 7.96. The lowest BCUT2D eigenvalue weighted by atomic mass is 10.1. The molecule has 0 spiro atoms. The van der Waals surface area contributed by atoms with Gasteiger partial charge >= 0.3 is 0 Å². The number of rotatable bonds is 9. The van der Waals surface area contributed by atoms with Gasteiger partial charge in [-0.05, 0) is 36.2 Å². The van der Waals surface area contributed by atoms with Gasteiger partial charge in [0.1, 0.15) is 5.75 Å². The Morgan fingerprint density at radius 3 is 2.61 bits per heavy atom. The van der Waals surface area contributed by atoms with E-state index in [4.69, 9.17) is 33.7 Å². The minimum absolute atomic E-state index is 0.131. The molecule has 0 fully saturated rings. The van der Waals surface area contributed by atoms with Crippen LogP contribution in [0.2, 0.25) is 10.0 Å². The van der Waals surface area contributed by atoms with Crippen LogP contribution in [0.5, 0.6) is 5.75 Å². The van der Waals surface area contributed by atoms with Crippen molar-refractivity contribution in [2.75, 3.05) is 18.5 Å². The second-order valence-electron chi connectivity index (χ2n) is 6.67. The molecule has 0 saturated heterocycles. The quantitative estimate of drug-likeness (QED) is 0.570. The average Bonchev–Trinajstić information content (AvgIpc) is 2.63. The molecule has 0 atom stereocenters. The van der Waals surface area contributed by atoms with Crippen molar-refractivity contribution in [1.29, 1.82) is 0 Å². The molecule has 2 amide bonds. The highest BCUT2D eigenvalue weighted by atomic mass is 35.5. The molecule has 0 unspecified atom stereocenters. The van der Waals surface area contributed by atoms with Gasteiger partial charge in [0.25, 0.3) is 11.8 Å². The number of hydrogen-bond acceptors (Lipinski definition) is 4. The fourth-order valence-corrected chi connectivity index (χ4v) is 3.01. The Morgan fingerprint density at radius 1 is 1.18 bits per heavy atom. The smallest absolute Gasteiger partial charge is 0.255 e. The predicted molar refractivity (Wildman–Crippen MR) is 112 cm³/mol. The number of hydrogen-bond donors (Lipinski definition) is 3. The van der Waals surface area contributed by atoms with E-state index in [0.717, 1.165) is 5.69 Å². The number of nitrogens with two attached hydrogens (primary N) is 1. The van der Waals surface area contributed by atoms with Gasteiger partial charge in [-0.15, -0.1) is 0 Å². The second kappa shape index (κ2) is 10.2. The summed E-state index contributed by atoms with van der Waals surface area (Å²) in [7, 11) is 0. The number of benzene rings is 2. The van der Waals surface area contributed by atoms with E-state index < -0.39 is 5.91 Å². The first-order valence-corrected chi connectivity index (χ1v) is 9.53. The molecular formula is C20H23Cl2N3O3. The maximum absolute atomic E-state index is 12.2. The van der Waals surface area contributed by atoms with Crippen molar-refractivity contribution in [3.8, 4) is 5.75 Å². The Balaban J connectivity index is 2.12. The molecule has 2 aromatic rings. The summed E-state index contributed by atoms with van der Waals surface area (Å²) >= 11 is 12.3. The molecule has 2 rings (SSSR count). The van der Waals surface area contributed by atoms with Crippen molar-refractivity contribution in [3.63, 3.8) is 0 Å². The van der Waals surface area contributed by atoms with Crippen LogP contribution in [-0.2, 0) is 11.3 Å². The molecule has 8 heteroatoms. The summed E-state index contributed by atoms with van der Waals surface area (Å²) in [4.78, 5) is 23.2. The van der Waals surface area contributed by atoms with Crippen molar-refractivity contribution in [2.45, 2.75) is 20.4 Å². The standard InChI is InChI=1S/C20H23Cl2N3O3/c1-12(2)9-25-20(27)13-4-3-5-16(7-13)24-10-14-6-15(21)8-17(22)19(14)28-11-18(23)26/h3-8,12,24H,9-11H2,1-2H3,(H2,23,26)(H,25,27). The summed E-state index contributed by atoms with van der Waals surface area (Å²) in [6.45, 7) is 4.71. The third-order valence-corrected chi connectivity index (χ3v) is 4.22. The van der Waals surface area contributed by atoms with Crippen LogP contribution >= 0.6 is 23.2 Å². The normalized spacial score (nSPS) is 10.6. The Labute approximate surface area is 174 Å². The molecule has 0 bridgehead atoms. The highest BCUT2D eigenvalue weighted by molar-refractivity contribution is 6.35. The van der Waals surface area contributed by atoms with E-state index in [1.165, 1.54) is 6.07 Å². The molecule has 150 valence electrons. The van der Waals surface area contributed by atoms with Crippen molar-refractivity contribution >= 4 is 40.7 Å². The van der Waals surface area contributed by atoms with Crippen LogP contribution in [0.4, 0.5) is 5.69 Å². The molecule has 0 aromatic heterocycles. The fourth-order valence-electron chi connectivity index (χ4n) is 2.42. The first kappa shape index (κ1) is 21.9. The van der Waals surface area contributed by atoms with Gasteiger partial charge in [-0.3, -0.25) is 9.59 Å². The van der Waals surface area contributed by atoms with Crippen LogP contribution < -0.4 is 21.1 Å². The Morgan fingerprint density at radius 2 is 1.93 bits per heavy atom. The highest BCUT2D eigenvalue weighted by Gasteiger charge is 2.13. The summed E-state index contributed by atoms with van der Waals surface area (Å²) in [5.41, 5.74) is 7.10. The van der Waals surface area contributed by atoms with E-state index in [1.54, 1.807) is 24.3 Å². The van der Waals surface area contributed by atoms with Gasteiger partial charge in [0.15, 0.2) is 6.61 Å². The van der Waals surface area contributed by atoms with Crippen molar-refractivity contribution in [2.24, 2.45) is 11.7 Å². The molecule has 0 aliphatic heterocycles. The summed E-state index contributed by atoms with van der Waals surface area (Å²) in [5.74, 6) is -0.0291. The monoisotopic (exact) mass is 423 g/mol. The molecule has 0 aliphatic carbocycles. The highest BCUT2D eigenvalue weighted by Crippen LogP contribution is 2.33. The number of anilines is 1. The number of carbonyl (C=O) groups excluding carboxylic acids is 2. The molecule has 0 saturated carbocycles. The van der Waals surface area contributed by atoms with Crippen LogP contribution in [0, 0.1) is 5.92 Å². The van der Waals surface area contributed by atoms with Crippen LogP contribution in [0.3, 0.4) is 0 Å². The molecule has 4 N–H and O–H groups in total. The van der Waals surface area contributed by atoms with Crippen LogP contribution in [-0.4, -0.2) is 25.0 Å². The first-order valence-electron chi connectivity index (χ1n) is 8.77. The summed E-state index contributed by atoms with van der Waals surface area (Å²) in [6, 6.07) is 10.4. The van der Waals surface area contributed by atoms with Crippen molar-refractivity contribution in [3.05, 3.63) is 57.6 Å². The van der Waals surface area contributed by atoms with E-state index in [1.807, 2.05) is 19.9 Å². The third kappa shape index (κ3) is 6.62. The maximum Gasteiger partial charge on any atom is 0.255 e. The Bertz CT molecular complexity index is 857. The topological polar surface area (TPSA) is 93.4 Å². The largest absolute Gasteiger partial charge is 0.482 e. The van der Waals surface area contributed by atoms with E-state index in [9.17, 15) is 9.59 Å². The number of amides is 2. The van der Waals surface area contributed by atoms with Gasteiger partial charge in [-0.2, -0.15) is 0 Å². The van der Waals surface area contributed by atoms with Gasteiger partial charge < -0.3 is 21.1 Å². The molecule has 0 heterocycles. The average molecular weight is 424 g/mol. The minimum atomic E-state index is -0.606. The zero-order chi connectivity index (χ0) is 20.7. The van der Waals surface area contributed by atoms with Crippen LogP contribution in [0.1, 0.15) is 29.8 Å². The van der Waals surface area contributed by atoms with Gasteiger partial charge in [-0.1, -0.05) is 43.1 Å². The first-order chi connectivity index (χ1) is 13.3. The number of halogens is 2. The zero-order valence-electron chi connectivity index (χ0n) is 15.7. The molecule has 28 heavy (non-hydrogen) atoms. The number of carbonyl (C=O) groups is 2. The van der Waals surface area contributed by atoms with Gasteiger partial charge in [0.2, 0.25) is 0 Å². The van der Waals surface area contributed by atoms with Gasteiger partial charge in [-0.25, -0.2) is 0 Å². The van der Waals surface area contributed by atoms with Gasteiger partial charge in [0, 0.05) is 34.9 Å². The maximum atomic E-state index is 12.2. The zero-order valence-corrected chi connectivity index (χ0v) is 17.2. The van der Waals surface area contributed by atoms with E-state index in [-0.39, 0.29) is 17.5 Å². The lowest BCUT2D eigenvalue weighted by Crippen LogP contribution is -2.27. The summed E-state index contributed by atoms with van der Waals surface area (Å²) in [6.07, 6.45) is 0. The molecule has 0 aliphatic rings. The number of nitrogens with one attached hydrogen (secondary N) is 2. The summed E-state index contributed by atoms with van der Waals surface area (Å²) in [5, 5.41) is 6.82. The lowest BCUT2D eigenvalue weighted by Gasteiger charge is -2.15. The third-order valence-electron chi connectivity index (χ3n) is 3.72. The van der Waals surface area contributed by atoms with Crippen molar-refractivity contribution < 1.29 is 14.3 Å². The molecule has 0 radical (unpaired) electrons. The second-order valence-corrected chi connectivity index (χ2v) is 7.51.